The fraction of sp³-hybridized carbons (Fsp3) is 0.394. The van der Waals surface area contributed by atoms with Gasteiger partial charge in [-0.05, 0) is 22.6 Å². The summed E-state index contributed by atoms with van der Waals surface area (Å²) >= 11 is 0. The molecule has 40 heavy (non-hydrogen) atoms. The number of esters is 1. The fourth-order valence-electron chi connectivity index (χ4n) is 4.94. The molecule has 0 saturated carbocycles. The maximum absolute atomic E-state index is 12.3. The van der Waals surface area contributed by atoms with Crippen LogP contribution in [-0.2, 0) is 53.1 Å². The number of benzene rings is 3. The Morgan fingerprint density at radius 3 is 1.77 bits per heavy atom. The number of carbonyl (C=O) groups excluding carboxylic acids is 2. The lowest BCUT2D eigenvalue weighted by molar-refractivity contribution is -0.273. The minimum absolute atomic E-state index is 0.226. The molecule has 0 aromatic heterocycles. The van der Waals surface area contributed by atoms with Crippen LogP contribution in [0.4, 0.5) is 0 Å². The third-order valence-corrected chi connectivity index (χ3v) is 6.96. The van der Waals surface area contributed by atoms with Gasteiger partial charge in [0.2, 0.25) is 0 Å². The average molecular weight is 547 g/mol. The van der Waals surface area contributed by atoms with Gasteiger partial charge >= 0.3 is 5.97 Å². The van der Waals surface area contributed by atoms with E-state index in [4.69, 9.17) is 23.7 Å². The summed E-state index contributed by atoms with van der Waals surface area (Å²) in [6, 6.07) is 29.6. The lowest BCUT2D eigenvalue weighted by Gasteiger charge is -2.47. The van der Waals surface area contributed by atoms with E-state index < -0.39 is 36.5 Å². The van der Waals surface area contributed by atoms with Gasteiger partial charge in [0.05, 0.1) is 26.4 Å². The largest absolute Gasteiger partial charge is 0.457 e. The van der Waals surface area contributed by atoms with Gasteiger partial charge in [-0.3, -0.25) is 4.79 Å². The zero-order chi connectivity index (χ0) is 28.2. The van der Waals surface area contributed by atoms with Gasteiger partial charge in [-0.1, -0.05) is 97.9 Å². The van der Waals surface area contributed by atoms with E-state index in [1.54, 1.807) is 0 Å². The topological polar surface area (TPSA) is 80.3 Å². The second-order valence-corrected chi connectivity index (χ2v) is 10.1. The molecule has 0 aliphatic carbocycles. The molecular weight excluding hydrogens is 508 g/mol. The second kappa shape index (κ2) is 15.4. The molecule has 0 radical (unpaired) electrons. The molecule has 0 spiro atoms. The summed E-state index contributed by atoms with van der Waals surface area (Å²) in [5, 5.41) is 0. The minimum Gasteiger partial charge on any atom is -0.457 e. The molecule has 7 heteroatoms. The highest BCUT2D eigenvalue weighted by molar-refractivity contribution is 5.66. The molecular formula is C33H38O7. The molecule has 1 heterocycles. The highest BCUT2D eigenvalue weighted by Gasteiger charge is 2.50. The summed E-state index contributed by atoms with van der Waals surface area (Å²) in [5.74, 6) is -0.679. The lowest BCUT2D eigenvalue weighted by Crippen LogP contribution is -2.62. The predicted molar refractivity (Wildman–Crippen MR) is 150 cm³/mol. The Bertz CT molecular complexity index is 1160. The molecule has 212 valence electrons. The number of rotatable bonds is 14. The van der Waals surface area contributed by atoms with Crippen LogP contribution in [0.15, 0.2) is 91.0 Å². The first-order valence-corrected chi connectivity index (χ1v) is 13.7. The van der Waals surface area contributed by atoms with E-state index in [0.717, 1.165) is 23.0 Å². The van der Waals surface area contributed by atoms with Crippen LogP contribution in [0.1, 0.15) is 37.0 Å². The van der Waals surface area contributed by atoms with Gasteiger partial charge < -0.3 is 28.5 Å². The summed E-state index contributed by atoms with van der Waals surface area (Å²) in [6.45, 7) is 4.53. The molecule has 0 N–H and O–H groups in total. The van der Waals surface area contributed by atoms with Gasteiger partial charge in [0.1, 0.15) is 30.7 Å². The molecule has 1 aliphatic heterocycles. The number of ether oxygens (including phenoxy) is 5. The van der Waals surface area contributed by atoms with Gasteiger partial charge in [0, 0.05) is 13.3 Å². The molecule has 1 aliphatic rings. The normalized spacial score (nSPS) is 23.3. The number of hydrogen-bond acceptors (Lipinski definition) is 7. The molecule has 0 bridgehead atoms. The van der Waals surface area contributed by atoms with Crippen LogP contribution in [0.5, 0.6) is 0 Å². The van der Waals surface area contributed by atoms with E-state index in [0.29, 0.717) is 19.8 Å². The fourth-order valence-corrected chi connectivity index (χ4v) is 4.94. The summed E-state index contributed by atoms with van der Waals surface area (Å²) in [7, 11) is 0. The van der Waals surface area contributed by atoms with Gasteiger partial charge in [-0.15, -0.1) is 0 Å². The first-order chi connectivity index (χ1) is 19.5. The SMILES string of the molecule is CC(=O)O[C@@H]1[C@@H](OCc2ccccc2)[C@H](OCc2ccccc2)[C@@H](COCc2ccccc2)O[C@H]1[C@H](C)CC=O. The van der Waals surface area contributed by atoms with Crippen LogP contribution < -0.4 is 0 Å². The highest BCUT2D eigenvalue weighted by Crippen LogP contribution is 2.34. The zero-order valence-corrected chi connectivity index (χ0v) is 23.1. The quantitative estimate of drug-likeness (QED) is 0.201. The Kier molecular flexibility index (Phi) is 11.4. The summed E-state index contributed by atoms with van der Waals surface area (Å²) in [4.78, 5) is 23.8. The standard InChI is InChI=1S/C33H38O7/c1-24(18-19-34)30-33(39-25(2)35)32(38-22-28-16-10-5-11-17-28)31(37-21-27-14-8-4-9-15-27)29(40-30)23-36-20-26-12-6-3-7-13-26/h3-17,19,24,29-33H,18,20-23H2,1-2H3/t24-,29-,30+,31-,32+,33+/m1/s1. The van der Waals surface area contributed by atoms with E-state index >= 15 is 0 Å². The van der Waals surface area contributed by atoms with Crippen LogP contribution in [0.2, 0.25) is 0 Å². The summed E-state index contributed by atoms with van der Waals surface area (Å²) < 4.78 is 31.5. The van der Waals surface area contributed by atoms with Crippen LogP contribution in [0, 0.1) is 5.92 Å². The van der Waals surface area contributed by atoms with Crippen molar-refractivity contribution in [1.82, 2.24) is 0 Å². The highest BCUT2D eigenvalue weighted by atomic mass is 16.6. The zero-order valence-electron chi connectivity index (χ0n) is 23.1. The van der Waals surface area contributed by atoms with Crippen molar-refractivity contribution in [3.63, 3.8) is 0 Å². The van der Waals surface area contributed by atoms with E-state index in [9.17, 15) is 9.59 Å². The van der Waals surface area contributed by atoms with Crippen LogP contribution in [0.3, 0.4) is 0 Å². The molecule has 7 nitrogen and oxygen atoms in total. The van der Waals surface area contributed by atoms with Crippen molar-refractivity contribution in [1.29, 1.82) is 0 Å². The van der Waals surface area contributed by atoms with E-state index in [2.05, 4.69) is 0 Å². The van der Waals surface area contributed by atoms with Gasteiger partial charge in [-0.2, -0.15) is 0 Å². The van der Waals surface area contributed by atoms with Gasteiger partial charge in [-0.25, -0.2) is 0 Å². The Hall–Kier alpha value is -3.36. The smallest absolute Gasteiger partial charge is 0.303 e. The summed E-state index contributed by atoms with van der Waals surface area (Å²) in [6.07, 6.45) is -2.05. The first kappa shape index (κ1) is 29.6. The van der Waals surface area contributed by atoms with Gasteiger partial charge in [0.15, 0.2) is 6.10 Å². The van der Waals surface area contributed by atoms with Crippen LogP contribution in [-0.4, -0.2) is 49.4 Å². The Morgan fingerprint density at radius 1 is 0.775 bits per heavy atom. The third kappa shape index (κ3) is 8.57. The van der Waals surface area contributed by atoms with Crippen molar-refractivity contribution in [2.45, 2.75) is 70.6 Å². The van der Waals surface area contributed by atoms with Crippen molar-refractivity contribution < 1.29 is 33.3 Å². The Labute approximate surface area is 236 Å². The number of hydrogen-bond donors (Lipinski definition) is 0. The van der Waals surface area contributed by atoms with Crippen molar-refractivity contribution in [2.75, 3.05) is 6.61 Å². The van der Waals surface area contributed by atoms with E-state index in [-0.39, 0.29) is 18.9 Å². The summed E-state index contributed by atoms with van der Waals surface area (Å²) in [5.41, 5.74) is 3.01. The molecule has 3 aromatic carbocycles. The minimum atomic E-state index is -0.776. The molecule has 3 aromatic rings. The van der Waals surface area contributed by atoms with Crippen LogP contribution >= 0.6 is 0 Å². The van der Waals surface area contributed by atoms with E-state index in [1.165, 1.54) is 6.92 Å². The second-order valence-electron chi connectivity index (χ2n) is 10.1. The number of carbonyl (C=O) groups is 2. The lowest BCUT2D eigenvalue weighted by atomic mass is 9.86. The molecule has 1 fully saturated rings. The molecule has 1 saturated heterocycles. The number of aldehydes is 1. The van der Waals surface area contributed by atoms with Crippen molar-refractivity contribution in [3.05, 3.63) is 108 Å². The van der Waals surface area contributed by atoms with Gasteiger partial charge in [0.25, 0.3) is 0 Å². The maximum atomic E-state index is 12.3. The van der Waals surface area contributed by atoms with E-state index in [1.807, 2.05) is 97.9 Å². The molecule has 6 atom stereocenters. The molecule has 4 rings (SSSR count). The third-order valence-electron chi connectivity index (χ3n) is 6.96. The Morgan fingerprint density at radius 2 is 1.27 bits per heavy atom. The van der Waals surface area contributed by atoms with Crippen molar-refractivity contribution in [2.24, 2.45) is 5.92 Å². The average Bonchev–Trinajstić information content (AvgIpc) is 2.97. The first-order valence-electron chi connectivity index (χ1n) is 13.7. The maximum Gasteiger partial charge on any atom is 0.303 e. The Balaban J connectivity index is 1.62. The molecule has 0 amide bonds. The van der Waals surface area contributed by atoms with Crippen molar-refractivity contribution >= 4 is 12.3 Å². The van der Waals surface area contributed by atoms with Crippen LogP contribution in [0.25, 0.3) is 0 Å². The van der Waals surface area contributed by atoms with Crippen molar-refractivity contribution in [3.8, 4) is 0 Å². The monoisotopic (exact) mass is 546 g/mol. The predicted octanol–water partition coefficient (Wildman–Crippen LogP) is 5.30. The molecule has 0 unspecified atom stereocenters.